The van der Waals surface area contributed by atoms with Crippen molar-refractivity contribution in [1.82, 2.24) is 14.1 Å². The average Bonchev–Trinajstić information content (AvgIpc) is 1.85. The van der Waals surface area contributed by atoms with Gasteiger partial charge in [0, 0.05) is 0 Å². The van der Waals surface area contributed by atoms with E-state index >= 15 is 0 Å². The van der Waals surface area contributed by atoms with Gasteiger partial charge in [0.05, 0.1) is 0 Å². The van der Waals surface area contributed by atoms with Crippen LogP contribution in [0.1, 0.15) is 0 Å². The van der Waals surface area contributed by atoms with Crippen molar-refractivity contribution < 1.29 is 31.3 Å². The topological polar surface area (TPSA) is 83.1 Å². The Labute approximate surface area is 74.9 Å². The van der Waals surface area contributed by atoms with E-state index in [1.165, 1.54) is 14.1 Å². The number of halogens is 1. The summed E-state index contributed by atoms with van der Waals surface area (Å²) in [5.74, 6) is 0. The zero-order valence-electron chi connectivity index (χ0n) is 6.11. The summed E-state index contributed by atoms with van der Waals surface area (Å²) in [6.07, 6.45) is 0. The van der Waals surface area contributed by atoms with Crippen LogP contribution in [0.5, 0.6) is 0 Å². The second-order valence-electron chi connectivity index (χ2n) is 1.42. The van der Waals surface area contributed by atoms with Gasteiger partial charge >= 0.3 is 74.5 Å². The predicted octanol–water partition coefficient (Wildman–Crippen LogP) is -3.83. The predicted molar refractivity (Wildman–Crippen MR) is 32.4 cm³/mol. The van der Waals surface area contributed by atoms with Gasteiger partial charge in [-0.3, -0.25) is 0 Å². The molecule has 0 bridgehead atoms. The first-order chi connectivity index (χ1) is 5.13. The molecule has 0 saturated heterocycles. The Kier molecular flexibility index (Phi) is 7.41. The van der Waals surface area contributed by atoms with E-state index in [0.717, 1.165) is 0 Å². The summed E-state index contributed by atoms with van der Waals surface area (Å²) in [6, 6.07) is 0. The standard InChI is InChI=1S/C3H9IN3O4/c1-6(8)10-3-4-5-11-7(2)9/h5H,3H2,1-2H3/q-3. The van der Waals surface area contributed by atoms with Gasteiger partial charge in [-0.25, -0.2) is 0 Å². The van der Waals surface area contributed by atoms with Crippen LogP contribution in [0.2, 0.25) is 0 Å². The molecular formula is C3H9IN3O4-3. The molecule has 0 atom stereocenters. The number of hydrogen-bond acceptors (Lipinski definition) is 7. The molecule has 0 aromatic carbocycles. The van der Waals surface area contributed by atoms with E-state index < -0.39 is 21.5 Å². The van der Waals surface area contributed by atoms with Crippen LogP contribution < -0.4 is 25.2 Å². The third kappa shape index (κ3) is 10.4. The molecule has 0 rings (SSSR count). The number of hydroxylamine groups is 4. The fourth-order valence-corrected chi connectivity index (χ4v) is 1.26. The fraction of sp³-hybridized carbons (Fsp3) is 1.00. The first-order valence-electron chi connectivity index (χ1n) is 2.57. The van der Waals surface area contributed by atoms with Crippen LogP contribution in [0.4, 0.5) is 0 Å². The van der Waals surface area contributed by atoms with Crippen molar-refractivity contribution in [3.63, 3.8) is 0 Å². The molecular weight excluding hydrogens is 269 g/mol. The van der Waals surface area contributed by atoms with Crippen LogP contribution in [0.3, 0.4) is 0 Å². The zero-order chi connectivity index (χ0) is 8.69. The van der Waals surface area contributed by atoms with E-state index in [1.807, 2.05) is 0 Å². The normalized spacial score (nSPS) is 11.8. The van der Waals surface area contributed by atoms with E-state index in [4.69, 9.17) is 0 Å². The van der Waals surface area contributed by atoms with E-state index in [1.54, 1.807) is 0 Å². The van der Waals surface area contributed by atoms with Crippen LogP contribution in [0, 0.1) is 10.4 Å². The van der Waals surface area contributed by atoms with Crippen molar-refractivity contribution in [2.75, 3.05) is 18.7 Å². The van der Waals surface area contributed by atoms with E-state index in [0.29, 0.717) is 5.23 Å². The molecule has 0 fully saturated rings. The molecule has 0 aliphatic rings. The van der Waals surface area contributed by atoms with Crippen LogP contribution in [-0.4, -0.2) is 29.2 Å². The number of rotatable bonds is 6. The zero-order valence-corrected chi connectivity index (χ0v) is 8.27. The quantitative estimate of drug-likeness (QED) is 0.175. The van der Waals surface area contributed by atoms with Crippen LogP contribution in [-0.2, 0) is 9.78 Å². The van der Waals surface area contributed by atoms with Gasteiger partial charge in [-0.2, -0.15) is 0 Å². The van der Waals surface area contributed by atoms with Crippen molar-refractivity contribution in [2.24, 2.45) is 0 Å². The maximum atomic E-state index is 10.1. The van der Waals surface area contributed by atoms with Gasteiger partial charge in [-0.1, -0.05) is 0 Å². The Bertz CT molecular complexity index is 82.7. The minimum atomic E-state index is -0.620. The van der Waals surface area contributed by atoms with Gasteiger partial charge in [-0.15, -0.1) is 0 Å². The number of alkyl halides is 1. The molecule has 0 amide bonds. The molecule has 0 aliphatic heterocycles. The molecule has 7 nitrogen and oxygen atoms in total. The molecule has 70 valence electrons. The van der Waals surface area contributed by atoms with E-state index in [2.05, 4.69) is 13.5 Å². The molecule has 0 aromatic heterocycles. The summed E-state index contributed by atoms with van der Waals surface area (Å²) in [6.45, 7) is 0. The van der Waals surface area contributed by atoms with E-state index in [9.17, 15) is 10.4 Å². The molecule has 0 aromatic rings. The van der Waals surface area contributed by atoms with Crippen molar-refractivity contribution in [3.8, 4) is 0 Å². The first kappa shape index (κ1) is 11.4. The summed E-state index contributed by atoms with van der Waals surface area (Å²) >= 11 is -0.620. The number of nitrogens with zero attached hydrogens (tertiary/aromatic N) is 2. The molecule has 1 N–H and O–H groups in total. The first-order valence-corrected chi connectivity index (χ1v) is 5.18. The van der Waals surface area contributed by atoms with Gasteiger partial charge in [-0.05, 0) is 0 Å². The van der Waals surface area contributed by atoms with Gasteiger partial charge in [0.1, 0.15) is 0 Å². The Morgan fingerprint density at radius 1 is 1.36 bits per heavy atom. The second-order valence-corrected chi connectivity index (χ2v) is 3.25. The van der Waals surface area contributed by atoms with Gasteiger partial charge in [0.2, 0.25) is 0 Å². The Hall–Kier alpha value is 0.450. The third-order valence-corrected chi connectivity index (χ3v) is 1.60. The third-order valence-electron chi connectivity index (χ3n) is 0.503. The fourth-order valence-electron chi connectivity index (χ4n) is 0.188. The van der Waals surface area contributed by atoms with Crippen molar-refractivity contribution in [1.29, 1.82) is 0 Å². The molecule has 0 spiro atoms. The summed E-state index contributed by atoms with van der Waals surface area (Å²) in [7, 11) is 2.45. The van der Waals surface area contributed by atoms with Gasteiger partial charge in [0.25, 0.3) is 0 Å². The van der Waals surface area contributed by atoms with Crippen LogP contribution in [0.15, 0.2) is 0 Å². The minimum absolute atomic E-state index is 0.257. The number of hydrogen-bond donors (Lipinski definition) is 1. The molecule has 0 unspecified atom stereocenters. The SMILES string of the molecule is CN([O-])OC[I-]NON(C)[O-]. The van der Waals surface area contributed by atoms with Crippen molar-refractivity contribution in [2.45, 2.75) is 0 Å². The monoisotopic (exact) mass is 278 g/mol. The molecule has 11 heavy (non-hydrogen) atoms. The van der Waals surface area contributed by atoms with Crippen LogP contribution >= 0.6 is 0 Å². The summed E-state index contributed by atoms with van der Waals surface area (Å²) in [4.78, 5) is 8.79. The van der Waals surface area contributed by atoms with Crippen molar-refractivity contribution in [3.05, 3.63) is 10.4 Å². The summed E-state index contributed by atoms with van der Waals surface area (Å²) < 4.78 is 2.63. The van der Waals surface area contributed by atoms with E-state index in [-0.39, 0.29) is 9.84 Å². The molecule has 0 aliphatic carbocycles. The maximum absolute atomic E-state index is 10.1. The van der Waals surface area contributed by atoms with Crippen molar-refractivity contribution >= 4 is 0 Å². The second kappa shape index (κ2) is 7.12. The summed E-state index contributed by atoms with van der Waals surface area (Å²) in [5.41, 5.74) is 0. The van der Waals surface area contributed by atoms with Gasteiger partial charge in [0.15, 0.2) is 0 Å². The van der Waals surface area contributed by atoms with Crippen LogP contribution in [0.25, 0.3) is 0 Å². The number of nitrogens with one attached hydrogen (secondary N) is 1. The molecule has 0 radical (unpaired) electrons. The Morgan fingerprint density at radius 3 is 2.45 bits per heavy atom. The molecule has 0 heterocycles. The Balaban J connectivity index is 2.91. The molecule has 8 heteroatoms. The Morgan fingerprint density at radius 2 is 2.00 bits per heavy atom. The van der Waals surface area contributed by atoms with Gasteiger partial charge < -0.3 is 0 Å². The average molecular weight is 278 g/mol. The summed E-state index contributed by atoms with van der Waals surface area (Å²) in [5, 5.41) is 20.8. The molecule has 0 saturated carbocycles.